The normalized spacial score (nSPS) is 18.0. The number of hydrogen-bond donors (Lipinski definition) is 1. The number of hydrogen-bond acceptors (Lipinski definition) is 3. The van der Waals surface area contributed by atoms with Crippen LogP contribution in [0.1, 0.15) is 67.7 Å². The van der Waals surface area contributed by atoms with E-state index in [-0.39, 0.29) is 17.7 Å². The maximum absolute atomic E-state index is 13.8. The van der Waals surface area contributed by atoms with E-state index in [1.54, 1.807) is 16.4 Å². The molecular weight excluding hydrogens is 492 g/mol. The van der Waals surface area contributed by atoms with E-state index in [0.717, 1.165) is 42.4 Å². The number of carbonyl (C=O) groups is 1. The standard InChI is InChI=1S/C32H40N2O3S/c1-24(2)29-17-19-31(20-18-29)38(36,37)34(22-27-7-5-4-6-8-27)23-28-13-15-30(16-14-28)32(35)33-21-26-11-9-25(3)10-12-26/h4-12,17-20,24,28,30H,13-16,21-23H2,1-3H3,(H,33,35). The molecule has 0 aliphatic heterocycles. The molecule has 1 saturated carbocycles. The fraction of sp³-hybridized carbons (Fsp3) is 0.406. The molecule has 6 heteroatoms. The molecule has 202 valence electrons. The van der Waals surface area contributed by atoms with Crippen molar-refractivity contribution in [3.05, 3.63) is 101 Å². The first-order chi connectivity index (χ1) is 18.2. The number of carbonyl (C=O) groups excluding carboxylic acids is 1. The van der Waals surface area contributed by atoms with Crippen LogP contribution in [-0.4, -0.2) is 25.2 Å². The molecule has 1 N–H and O–H groups in total. The van der Waals surface area contributed by atoms with Crippen molar-refractivity contribution in [1.82, 2.24) is 9.62 Å². The molecule has 1 aliphatic carbocycles. The summed E-state index contributed by atoms with van der Waals surface area (Å²) in [4.78, 5) is 13.1. The van der Waals surface area contributed by atoms with Gasteiger partial charge in [-0.3, -0.25) is 4.79 Å². The van der Waals surface area contributed by atoms with Gasteiger partial charge in [0.15, 0.2) is 0 Å². The Morgan fingerprint density at radius 1 is 0.868 bits per heavy atom. The molecule has 0 radical (unpaired) electrons. The van der Waals surface area contributed by atoms with Crippen LogP contribution in [-0.2, 0) is 27.9 Å². The number of rotatable bonds is 10. The van der Waals surface area contributed by atoms with Gasteiger partial charge in [0, 0.05) is 25.6 Å². The number of nitrogens with zero attached hydrogens (tertiary/aromatic N) is 1. The van der Waals surface area contributed by atoms with Crippen LogP contribution in [0.2, 0.25) is 0 Å². The molecule has 4 rings (SSSR count). The number of aryl methyl sites for hydroxylation is 1. The topological polar surface area (TPSA) is 66.5 Å². The summed E-state index contributed by atoms with van der Waals surface area (Å²) in [7, 11) is -3.66. The van der Waals surface area contributed by atoms with Crippen LogP contribution >= 0.6 is 0 Å². The Labute approximate surface area is 228 Å². The molecule has 0 atom stereocenters. The zero-order valence-electron chi connectivity index (χ0n) is 22.8. The maximum Gasteiger partial charge on any atom is 0.243 e. The van der Waals surface area contributed by atoms with Gasteiger partial charge in [0.2, 0.25) is 15.9 Å². The lowest BCUT2D eigenvalue weighted by Crippen LogP contribution is -2.38. The van der Waals surface area contributed by atoms with Crippen molar-refractivity contribution in [2.45, 2.75) is 70.4 Å². The van der Waals surface area contributed by atoms with Gasteiger partial charge in [-0.1, -0.05) is 86.1 Å². The van der Waals surface area contributed by atoms with Crippen molar-refractivity contribution in [2.75, 3.05) is 6.54 Å². The Morgan fingerprint density at radius 2 is 1.50 bits per heavy atom. The third-order valence-electron chi connectivity index (χ3n) is 7.65. The first-order valence-corrected chi connectivity index (χ1v) is 15.1. The number of benzene rings is 3. The summed E-state index contributed by atoms with van der Waals surface area (Å²) in [6, 6.07) is 25.3. The van der Waals surface area contributed by atoms with Crippen LogP contribution in [0, 0.1) is 18.8 Å². The summed E-state index contributed by atoms with van der Waals surface area (Å²) in [5.74, 6) is 0.656. The molecule has 0 bridgehead atoms. The number of nitrogens with one attached hydrogen (secondary N) is 1. The van der Waals surface area contributed by atoms with Crippen LogP contribution in [0.15, 0.2) is 83.8 Å². The van der Waals surface area contributed by atoms with Gasteiger partial charge in [0.05, 0.1) is 4.90 Å². The molecule has 1 aliphatic rings. The molecule has 38 heavy (non-hydrogen) atoms. The van der Waals surface area contributed by atoms with Gasteiger partial charge in [0.1, 0.15) is 0 Å². The lowest BCUT2D eigenvalue weighted by Gasteiger charge is -2.32. The van der Waals surface area contributed by atoms with Gasteiger partial charge >= 0.3 is 0 Å². The summed E-state index contributed by atoms with van der Waals surface area (Å²) in [5.41, 5.74) is 4.40. The summed E-state index contributed by atoms with van der Waals surface area (Å²) in [5, 5.41) is 3.09. The van der Waals surface area contributed by atoms with Crippen LogP contribution < -0.4 is 5.32 Å². The Morgan fingerprint density at radius 3 is 2.11 bits per heavy atom. The van der Waals surface area contributed by atoms with Crippen LogP contribution in [0.5, 0.6) is 0 Å². The highest BCUT2D eigenvalue weighted by atomic mass is 32.2. The van der Waals surface area contributed by atoms with Crippen molar-refractivity contribution >= 4 is 15.9 Å². The summed E-state index contributed by atoms with van der Waals surface area (Å²) >= 11 is 0. The van der Waals surface area contributed by atoms with Gasteiger partial charge in [-0.2, -0.15) is 4.31 Å². The molecule has 0 saturated heterocycles. The fourth-order valence-corrected chi connectivity index (χ4v) is 6.65. The van der Waals surface area contributed by atoms with Gasteiger partial charge in [-0.05, 0) is 73.3 Å². The van der Waals surface area contributed by atoms with E-state index >= 15 is 0 Å². The minimum atomic E-state index is -3.66. The highest BCUT2D eigenvalue weighted by Gasteiger charge is 2.31. The predicted molar refractivity (Wildman–Crippen MR) is 153 cm³/mol. The maximum atomic E-state index is 13.8. The van der Waals surface area contributed by atoms with Crippen LogP contribution in [0.3, 0.4) is 0 Å². The largest absolute Gasteiger partial charge is 0.352 e. The Bertz CT molecular complexity index is 1280. The second kappa shape index (κ2) is 12.7. The van der Waals surface area contributed by atoms with Gasteiger partial charge < -0.3 is 5.32 Å². The average molecular weight is 533 g/mol. The van der Waals surface area contributed by atoms with Gasteiger partial charge in [-0.25, -0.2) is 8.42 Å². The van der Waals surface area contributed by atoms with Crippen molar-refractivity contribution in [1.29, 1.82) is 0 Å². The average Bonchev–Trinajstić information content (AvgIpc) is 2.93. The first kappa shape index (κ1) is 28.1. The zero-order chi connectivity index (χ0) is 27.1. The molecule has 3 aromatic carbocycles. The van der Waals surface area contributed by atoms with Crippen molar-refractivity contribution < 1.29 is 13.2 Å². The molecule has 0 aromatic heterocycles. The van der Waals surface area contributed by atoms with Crippen molar-refractivity contribution in [2.24, 2.45) is 11.8 Å². The first-order valence-electron chi connectivity index (χ1n) is 13.7. The van der Waals surface area contributed by atoms with E-state index in [1.165, 1.54) is 5.56 Å². The monoisotopic (exact) mass is 532 g/mol. The van der Waals surface area contributed by atoms with E-state index < -0.39 is 10.0 Å². The van der Waals surface area contributed by atoms with Crippen molar-refractivity contribution in [3.63, 3.8) is 0 Å². The SMILES string of the molecule is Cc1ccc(CNC(=O)C2CCC(CN(Cc3ccccc3)S(=O)(=O)c3ccc(C(C)C)cc3)CC2)cc1. The Kier molecular flexibility index (Phi) is 9.40. The smallest absolute Gasteiger partial charge is 0.243 e. The van der Waals surface area contributed by atoms with Crippen LogP contribution in [0.4, 0.5) is 0 Å². The van der Waals surface area contributed by atoms with E-state index in [2.05, 4.69) is 38.2 Å². The molecule has 3 aromatic rings. The quantitative estimate of drug-likeness (QED) is 0.327. The third kappa shape index (κ3) is 7.33. The summed E-state index contributed by atoms with van der Waals surface area (Å²) in [6.45, 7) is 7.59. The van der Waals surface area contributed by atoms with Gasteiger partial charge in [-0.15, -0.1) is 0 Å². The molecule has 1 amide bonds. The second-order valence-electron chi connectivity index (χ2n) is 10.9. The molecule has 0 spiro atoms. The second-order valence-corrected chi connectivity index (χ2v) is 12.9. The number of amides is 1. The number of sulfonamides is 1. The lowest BCUT2D eigenvalue weighted by molar-refractivity contribution is -0.126. The van der Waals surface area contributed by atoms with Crippen molar-refractivity contribution in [3.8, 4) is 0 Å². The van der Waals surface area contributed by atoms with E-state index in [0.29, 0.717) is 30.4 Å². The third-order valence-corrected chi connectivity index (χ3v) is 9.48. The molecule has 1 fully saturated rings. The summed E-state index contributed by atoms with van der Waals surface area (Å²) in [6.07, 6.45) is 3.25. The molecular formula is C32H40N2O3S. The van der Waals surface area contributed by atoms with Crippen LogP contribution in [0.25, 0.3) is 0 Å². The molecule has 0 heterocycles. The highest BCUT2D eigenvalue weighted by molar-refractivity contribution is 7.89. The highest BCUT2D eigenvalue weighted by Crippen LogP contribution is 2.32. The minimum absolute atomic E-state index is 0.0144. The zero-order valence-corrected chi connectivity index (χ0v) is 23.6. The fourth-order valence-electron chi connectivity index (χ4n) is 5.14. The molecule has 5 nitrogen and oxygen atoms in total. The Balaban J connectivity index is 1.40. The summed E-state index contributed by atoms with van der Waals surface area (Å²) < 4.78 is 29.2. The minimum Gasteiger partial charge on any atom is -0.352 e. The van der Waals surface area contributed by atoms with E-state index in [4.69, 9.17) is 0 Å². The van der Waals surface area contributed by atoms with Gasteiger partial charge in [0.25, 0.3) is 0 Å². The lowest BCUT2D eigenvalue weighted by atomic mass is 9.81. The Hall–Kier alpha value is -2.96. The van der Waals surface area contributed by atoms with E-state index in [1.807, 2.05) is 54.6 Å². The predicted octanol–water partition coefficient (Wildman–Crippen LogP) is 6.43. The van der Waals surface area contributed by atoms with E-state index in [9.17, 15) is 13.2 Å². The molecule has 0 unspecified atom stereocenters.